The Hall–Kier alpha value is -0.610. The fraction of sp³-hybridized carbons (Fsp3) is 0.917. The van der Waals surface area contributed by atoms with Gasteiger partial charge in [0.1, 0.15) is 0 Å². The van der Waals surface area contributed by atoms with Crippen molar-refractivity contribution in [3.05, 3.63) is 0 Å². The van der Waals surface area contributed by atoms with Crippen molar-refractivity contribution < 1.29 is 9.53 Å². The highest BCUT2D eigenvalue weighted by molar-refractivity contribution is 5.81. The average Bonchev–Trinajstić information content (AvgIpc) is 2.75. The maximum Gasteiger partial charge on any atom is 0.237 e. The van der Waals surface area contributed by atoms with Crippen LogP contribution in [0.4, 0.5) is 0 Å². The lowest BCUT2D eigenvalue weighted by molar-refractivity contribution is -0.122. The van der Waals surface area contributed by atoms with Crippen molar-refractivity contribution in [2.45, 2.75) is 51.7 Å². The van der Waals surface area contributed by atoms with E-state index in [0.29, 0.717) is 6.10 Å². The van der Waals surface area contributed by atoms with Gasteiger partial charge in [0.05, 0.1) is 12.1 Å². The molecule has 0 bridgehead atoms. The van der Waals surface area contributed by atoms with Gasteiger partial charge in [-0.25, -0.2) is 0 Å². The molecule has 1 heterocycles. The molecule has 1 amide bonds. The second kappa shape index (κ2) is 7.63. The molecular formula is C12H24N2O2. The van der Waals surface area contributed by atoms with E-state index in [9.17, 15) is 4.79 Å². The minimum Gasteiger partial charge on any atom is -0.379 e. The maximum absolute atomic E-state index is 11.6. The fourth-order valence-corrected chi connectivity index (χ4v) is 1.79. The lowest BCUT2D eigenvalue weighted by Crippen LogP contribution is -2.40. The Balaban J connectivity index is 1.92. The first-order valence-electron chi connectivity index (χ1n) is 6.33. The Bertz CT molecular complexity index is 201. The highest BCUT2D eigenvalue weighted by atomic mass is 16.5. The quantitative estimate of drug-likeness (QED) is 0.641. The van der Waals surface area contributed by atoms with Crippen molar-refractivity contribution in [3.63, 3.8) is 0 Å². The van der Waals surface area contributed by atoms with Crippen molar-refractivity contribution in [2.75, 3.05) is 19.7 Å². The summed E-state index contributed by atoms with van der Waals surface area (Å²) >= 11 is 0. The Labute approximate surface area is 98.1 Å². The predicted molar refractivity (Wildman–Crippen MR) is 64.4 cm³/mol. The van der Waals surface area contributed by atoms with Crippen LogP contribution in [0.5, 0.6) is 0 Å². The minimum absolute atomic E-state index is 0.0481. The van der Waals surface area contributed by atoms with Crippen LogP contribution in [0.15, 0.2) is 0 Å². The number of hydrogen-bond donors (Lipinski definition) is 2. The molecule has 0 radical (unpaired) electrons. The molecule has 0 saturated carbocycles. The van der Waals surface area contributed by atoms with E-state index in [2.05, 4.69) is 10.6 Å². The summed E-state index contributed by atoms with van der Waals surface area (Å²) in [5, 5.41) is 6.14. The second-order valence-corrected chi connectivity index (χ2v) is 4.57. The first-order chi connectivity index (χ1) is 7.70. The molecule has 1 atom stereocenters. The first kappa shape index (κ1) is 13.5. The predicted octanol–water partition coefficient (Wildman–Crippen LogP) is 1.06. The van der Waals surface area contributed by atoms with Gasteiger partial charge in [-0.15, -0.1) is 0 Å². The number of hydrogen-bond acceptors (Lipinski definition) is 3. The van der Waals surface area contributed by atoms with Gasteiger partial charge in [-0.2, -0.15) is 0 Å². The summed E-state index contributed by atoms with van der Waals surface area (Å²) in [6.07, 6.45) is 4.39. The monoisotopic (exact) mass is 228 g/mol. The zero-order valence-electron chi connectivity index (χ0n) is 10.4. The normalized spacial score (nSPS) is 20.3. The number of amides is 1. The van der Waals surface area contributed by atoms with Crippen LogP contribution in [0.2, 0.25) is 0 Å². The summed E-state index contributed by atoms with van der Waals surface area (Å²) < 4.78 is 5.42. The molecule has 1 aliphatic rings. The molecule has 1 saturated heterocycles. The van der Waals surface area contributed by atoms with Crippen LogP contribution in [0.25, 0.3) is 0 Å². The second-order valence-electron chi connectivity index (χ2n) is 4.57. The van der Waals surface area contributed by atoms with E-state index in [0.717, 1.165) is 45.4 Å². The average molecular weight is 228 g/mol. The molecule has 16 heavy (non-hydrogen) atoms. The van der Waals surface area contributed by atoms with E-state index >= 15 is 0 Å². The largest absolute Gasteiger partial charge is 0.379 e. The molecule has 1 rings (SSSR count). The van der Waals surface area contributed by atoms with Gasteiger partial charge in [-0.3, -0.25) is 4.79 Å². The van der Waals surface area contributed by atoms with Crippen LogP contribution in [-0.4, -0.2) is 37.7 Å². The van der Waals surface area contributed by atoms with Crippen molar-refractivity contribution >= 4 is 5.91 Å². The number of rotatable bonds is 7. The summed E-state index contributed by atoms with van der Waals surface area (Å²) in [5.74, 6) is 0.155. The molecule has 0 unspecified atom stereocenters. The third-order valence-electron chi connectivity index (χ3n) is 2.70. The SMILES string of the molecule is CC(C)OCCCCNC(=O)[C@H]1CCCN1. The van der Waals surface area contributed by atoms with Crippen LogP contribution in [0.1, 0.15) is 39.5 Å². The summed E-state index contributed by atoms with van der Waals surface area (Å²) in [5.41, 5.74) is 0. The molecule has 4 heteroatoms. The minimum atomic E-state index is 0.0481. The van der Waals surface area contributed by atoms with E-state index in [1.54, 1.807) is 0 Å². The van der Waals surface area contributed by atoms with Gasteiger partial charge < -0.3 is 15.4 Å². The highest BCUT2D eigenvalue weighted by Gasteiger charge is 2.20. The third kappa shape index (κ3) is 5.47. The summed E-state index contributed by atoms with van der Waals surface area (Å²) in [4.78, 5) is 11.6. The van der Waals surface area contributed by atoms with Gasteiger partial charge in [0.2, 0.25) is 5.91 Å². The molecule has 2 N–H and O–H groups in total. The van der Waals surface area contributed by atoms with Crippen LogP contribution < -0.4 is 10.6 Å². The Morgan fingerprint density at radius 2 is 2.31 bits per heavy atom. The smallest absolute Gasteiger partial charge is 0.237 e. The van der Waals surface area contributed by atoms with Gasteiger partial charge in [0.15, 0.2) is 0 Å². The third-order valence-corrected chi connectivity index (χ3v) is 2.70. The molecular weight excluding hydrogens is 204 g/mol. The van der Waals surface area contributed by atoms with Gasteiger partial charge in [0, 0.05) is 13.2 Å². The molecule has 1 fully saturated rings. The number of unbranched alkanes of at least 4 members (excludes halogenated alkanes) is 1. The number of carbonyl (C=O) groups is 1. The van der Waals surface area contributed by atoms with Crippen molar-refractivity contribution in [2.24, 2.45) is 0 Å². The Morgan fingerprint density at radius 1 is 1.50 bits per heavy atom. The van der Waals surface area contributed by atoms with Crippen LogP contribution >= 0.6 is 0 Å². The molecule has 0 spiro atoms. The molecule has 4 nitrogen and oxygen atoms in total. The molecule has 94 valence electrons. The van der Waals surface area contributed by atoms with E-state index in [1.165, 1.54) is 0 Å². The summed E-state index contributed by atoms with van der Waals surface area (Å²) in [6, 6.07) is 0.0481. The highest BCUT2D eigenvalue weighted by Crippen LogP contribution is 2.04. The summed E-state index contributed by atoms with van der Waals surface area (Å²) in [7, 11) is 0. The Kier molecular flexibility index (Phi) is 6.42. The molecule has 0 aliphatic carbocycles. The number of ether oxygens (including phenoxy) is 1. The van der Waals surface area contributed by atoms with E-state index in [1.807, 2.05) is 13.8 Å². The standard InChI is InChI=1S/C12H24N2O2/c1-10(2)16-9-4-3-7-14-12(15)11-6-5-8-13-11/h10-11,13H,3-9H2,1-2H3,(H,14,15)/t11-/m1/s1. The fourth-order valence-electron chi connectivity index (χ4n) is 1.79. The zero-order valence-corrected chi connectivity index (χ0v) is 10.4. The van der Waals surface area contributed by atoms with Crippen molar-refractivity contribution in [1.29, 1.82) is 0 Å². The topological polar surface area (TPSA) is 50.4 Å². The zero-order chi connectivity index (χ0) is 11.8. The van der Waals surface area contributed by atoms with Gasteiger partial charge in [0.25, 0.3) is 0 Å². The molecule has 1 aliphatic heterocycles. The number of carbonyl (C=O) groups excluding carboxylic acids is 1. The maximum atomic E-state index is 11.6. The van der Waals surface area contributed by atoms with E-state index in [4.69, 9.17) is 4.74 Å². The Morgan fingerprint density at radius 3 is 2.94 bits per heavy atom. The van der Waals surface area contributed by atoms with E-state index in [-0.39, 0.29) is 11.9 Å². The summed E-state index contributed by atoms with van der Waals surface area (Å²) in [6.45, 7) is 6.59. The molecule has 0 aromatic rings. The van der Waals surface area contributed by atoms with Gasteiger partial charge >= 0.3 is 0 Å². The molecule has 0 aromatic carbocycles. The van der Waals surface area contributed by atoms with Crippen molar-refractivity contribution in [3.8, 4) is 0 Å². The van der Waals surface area contributed by atoms with E-state index < -0.39 is 0 Å². The van der Waals surface area contributed by atoms with Gasteiger partial charge in [-0.05, 0) is 46.1 Å². The van der Waals surface area contributed by atoms with Crippen molar-refractivity contribution in [1.82, 2.24) is 10.6 Å². The lowest BCUT2D eigenvalue weighted by Gasteiger charge is -2.11. The number of nitrogens with one attached hydrogen (secondary N) is 2. The van der Waals surface area contributed by atoms with Crippen LogP contribution in [0.3, 0.4) is 0 Å². The van der Waals surface area contributed by atoms with Gasteiger partial charge in [-0.1, -0.05) is 0 Å². The van der Waals surface area contributed by atoms with Crippen LogP contribution in [-0.2, 0) is 9.53 Å². The van der Waals surface area contributed by atoms with Crippen LogP contribution in [0, 0.1) is 0 Å². The lowest BCUT2D eigenvalue weighted by atomic mass is 10.2. The molecule has 0 aromatic heterocycles. The first-order valence-corrected chi connectivity index (χ1v) is 6.33.